The van der Waals surface area contributed by atoms with Crippen LogP contribution in [0.1, 0.15) is 26.3 Å². The number of ether oxygens (including phenoxy) is 1. The van der Waals surface area contributed by atoms with Crippen molar-refractivity contribution in [2.45, 2.75) is 6.54 Å². The summed E-state index contributed by atoms with van der Waals surface area (Å²) in [5, 5.41) is 12.8. The third-order valence-corrected chi connectivity index (χ3v) is 2.64. The Balaban J connectivity index is 2.27. The summed E-state index contributed by atoms with van der Waals surface area (Å²) in [5.74, 6) is -1.46. The molecule has 98 valence electrons. The zero-order chi connectivity index (χ0) is 13.8. The first-order valence-corrected chi connectivity index (χ1v) is 5.54. The topological polar surface area (TPSA) is 81.4 Å². The molecule has 0 aliphatic rings. The van der Waals surface area contributed by atoms with E-state index in [9.17, 15) is 9.59 Å². The summed E-state index contributed by atoms with van der Waals surface area (Å²) in [7, 11) is 1.32. The maximum Gasteiger partial charge on any atom is 0.338 e. The SMILES string of the molecule is COC(=O)c1ccccc1Cn1cc(C(=O)O)cn1. The number of aromatic carboxylic acids is 1. The molecule has 0 aliphatic carbocycles. The molecule has 0 atom stereocenters. The first-order valence-electron chi connectivity index (χ1n) is 5.54. The van der Waals surface area contributed by atoms with Crippen LogP contribution < -0.4 is 0 Å². The molecule has 0 spiro atoms. The quantitative estimate of drug-likeness (QED) is 0.841. The predicted molar refractivity (Wildman–Crippen MR) is 66.1 cm³/mol. The number of benzene rings is 1. The minimum absolute atomic E-state index is 0.107. The average Bonchev–Trinajstić information content (AvgIpc) is 2.87. The van der Waals surface area contributed by atoms with Gasteiger partial charge < -0.3 is 9.84 Å². The third-order valence-electron chi connectivity index (χ3n) is 2.64. The fourth-order valence-corrected chi connectivity index (χ4v) is 1.70. The number of methoxy groups -OCH3 is 1. The normalized spacial score (nSPS) is 10.2. The van der Waals surface area contributed by atoms with Crippen LogP contribution in [-0.4, -0.2) is 33.9 Å². The molecular weight excluding hydrogens is 248 g/mol. The van der Waals surface area contributed by atoms with Crippen molar-refractivity contribution in [2.75, 3.05) is 7.11 Å². The fraction of sp³-hybridized carbons (Fsp3) is 0.154. The summed E-state index contributed by atoms with van der Waals surface area (Å²) in [6, 6.07) is 6.96. The summed E-state index contributed by atoms with van der Waals surface area (Å²) in [4.78, 5) is 22.4. The number of esters is 1. The molecule has 6 nitrogen and oxygen atoms in total. The lowest BCUT2D eigenvalue weighted by Gasteiger charge is -2.07. The van der Waals surface area contributed by atoms with Gasteiger partial charge in [0.2, 0.25) is 0 Å². The van der Waals surface area contributed by atoms with Crippen LogP contribution in [-0.2, 0) is 11.3 Å². The highest BCUT2D eigenvalue weighted by atomic mass is 16.5. The molecule has 6 heteroatoms. The molecule has 0 bridgehead atoms. The van der Waals surface area contributed by atoms with Crippen LogP contribution in [0.15, 0.2) is 36.7 Å². The Hall–Kier alpha value is -2.63. The van der Waals surface area contributed by atoms with Gasteiger partial charge in [-0.3, -0.25) is 4.68 Å². The van der Waals surface area contributed by atoms with Crippen molar-refractivity contribution < 1.29 is 19.4 Å². The lowest BCUT2D eigenvalue weighted by Crippen LogP contribution is -2.09. The fourth-order valence-electron chi connectivity index (χ4n) is 1.70. The molecule has 0 radical (unpaired) electrons. The minimum Gasteiger partial charge on any atom is -0.478 e. The number of aromatic nitrogens is 2. The second-order valence-corrected chi connectivity index (χ2v) is 3.88. The highest BCUT2D eigenvalue weighted by Crippen LogP contribution is 2.12. The Labute approximate surface area is 109 Å². The van der Waals surface area contributed by atoms with Crippen molar-refractivity contribution in [2.24, 2.45) is 0 Å². The van der Waals surface area contributed by atoms with Crippen LogP contribution in [0.5, 0.6) is 0 Å². The molecule has 0 saturated carbocycles. The lowest BCUT2D eigenvalue weighted by atomic mass is 10.1. The van der Waals surface area contributed by atoms with E-state index in [1.807, 2.05) is 0 Å². The van der Waals surface area contributed by atoms with Gasteiger partial charge in [-0.15, -0.1) is 0 Å². The lowest BCUT2D eigenvalue weighted by molar-refractivity contribution is 0.0598. The van der Waals surface area contributed by atoms with E-state index in [4.69, 9.17) is 9.84 Å². The first kappa shape index (κ1) is 12.8. The molecule has 1 N–H and O–H groups in total. The van der Waals surface area contributed by atoms with Gasteiger partial charge in [0, 0.05) is 6.20 Å². The Morgan fingerprint density at radius 1 is 1.37 bits per heavy atom. The minimum atomic E-state index is -1.03. The predicted octanol–water partition coefficient (Wildman–Crippen LogP) is 1.42. The van der Waals surface area contributed by atoms with Gasteiger partial charge >= 0.3 is 11.9 Å². The Morgan fingerprint density at radius 2 is 2.11 bits per heavy atom. The van der Waals surface area contributed by atoms with Crippen molar-refractivity contribution in [3.05, 3.63) is 53.3 Å². The van der Waals surface area contributed by atoms with Crippen LogP contribution >= 0.6 is 0 Å². The third kappa shape index (κ3) is 2.79. The molecular formula is C13H12N2O4. The Kier molecular flexibility index (Phi) is 3.61. The standard InChI is InChI=1S/C13H12N2O4/c1-19-13(18)11-5-3-2-4-9(11)7-15-8-10(6-14-15)12(16)17/h2-6,8H,7H2,1H3,(H,16,17). The maximum atomic E-state index is 11.6. The van der Waals surface area contributed by atoms with Crippen molar-refractivity contribution in [1.29, 1.82) is 0 Å². The number of hydrogen-bond donors (Lipinski definition) is 1. The van der Waals surface area contributed by atoms with E-state index in [1.165, 1.54) is 24.2 Å². The van der Waals surface area contributed by atoms with E-state index in [1.54, 1.807) is 24.3 Å². The molecule has 0 aliphatic heterocycles. The van der Waals surface area contributed by atoms with Crippen molar-refractivity contribution in [1.82, 2.24) is 9.78 Å². The van der Waals surface area contributed by atoms with E-state index in [2.05, 4.69) is 5.10 Å². The highest BCUT2D eigenvalue weighted by molar-refractivity contribution is 5.91. The Bertz CT molecular complexity index is 619. The van der Waals surface area contributed by atoms with Gasteiger partial charge in [-0.2, -0.15) is 5.10 Å². The molecule has 2 rings (SSSR count). The maximum absolute atomic E-state index is 11.6. The van der Waals surface area contributed by atoms with Crippen LogP contribution in [0.3, 0.4) is 0 Å². The van der Waals surface area contributed by atoms with Crippen LogP contribution in [0.25, 0.3) is 0 Å². The van der Waals surface area contributed by atoms with Gasteiger partial charge in [0.25, 0.3) is 0 Å². The van der Waals surface area contributed by atoms with E-state index in [0.29, 0.717) is 12.1 Å². The van der Waals surface area contributed by atoms with Gasteiger partial charge in [0.1, 0.15) is 0 Å². The molecule has 19 heavy (non-hydrogen) atoms. The van der Waals surface area contributed by atoms with Crippen LogP contribution in [0.4, 0.5) is 0 Å². The molecule has 0 saturated heterocycles. The molecule has 0 fully saturated rings. The van der Waals surface area contributed by atoms with E-state index >= 15 is 0 Å². The van der Waals surface area contributed by atoms with Gasteiger partial charge in [0.05, 0.1) is 31.0 Å². The molecule has 1 heterocycles. The van der Waals surface area contributed by atoms with Crippen molar-refractivity contribution >= 4 is 11.9 Å². The van der Waals surface area contributed by atoms with Crippen molar-refractivity contribution in [3.8, 4) is 0 Å². The largest absolute Gasteiger partial charge is 0.478 e. The smallest absolute Gasteiger partial charge is 0.338 e. The average molecular weight is 260 g/mol. The first-order chi connectivity index (χ1) is 9.11. The van der Waals surface area contributed by atoms with Gasteiger partial charge in [0.15, 0.2) is 0 Å². The zero-order valence-corrected chi connectivity index (χ0v) is 10.2. The van der Waals surface area contributed by atoms with Crippen molar-refractivity contribution in [3.63, 3.8) is 0 Å². The zero-order valence-electron chi connectivity index (χ0n) is 10.2. The highest BCUT2D eigenvalue weighted by Gasteiger charge is 2.12. The number of rotatable bonds is 4. The molecule has 0 unspecified atom stereocenters. The summed E-state index contributed by atoms with van der Waals surface area (Å²) in [6.07, 6.45) is 2.68. The van der Waals surface area contributed by atoms with Gasteiger partial charge in [-0.1, -0.05) is 18.2 Å². The number of carboxylic acids is 1. The van der Waals surface area contributed by atoms with Gasteiger partial charge in [-0.05, 0) is 11.6 Å². The summed E-state index contributed by atoms with van der Waals surface area (Å²) < 4.78 is 6.16. The number of hydrogen-bond acceptors (Lipinski definition) is 4. The number of carbonyl (C=O) groups excluding carboxylic acids is 1. The second-order valence-electron chi connectivity index (χ2n) is 3.88. The number of nitrogens with zero attached hydrogens (tertiary/aromatic N) is 2. The monoisotopic (exact) mass is 260 g/mol. The van der Waals surface area contributed by atoms with E-state index in [0.717, 1.165) is 5.56 Å². The molecule has 1 aromatic heterocycles. The summed E-state index contributed by atoms with van der Waals surface area (Å²) in [6.45, 7) is 0.304. The summed E-state index contributed by atoms with van der Waals surface area (Å²) >= 11 is 0. The van der Waals surface area contributed by atoms with Crippen LogP contribution in [0.2, 0.25) is 0 Å². The summed E-state index contributed by atoms with van der Waals surface area (Å²) in [5.41, 5.74) is 1.27. The van der Waals surface area contributed by atoms with E-state index < -0.39 is 11.9 Å². The van der Waals surface area contributed by atoms with E-state index in [-0.39, 0.29) is 5.56 Å². The van der Waals surface area contributed by atoms with Crippen LogP contribution in [0, 0.1) is 0 Å². The van der Waals surface area contributed by atoms with Gasteiger partial charge in [-0.25, -0.2) is 9.59 Å². The number of carbonyl (C=O) groups is 2. The molecule has 0 amide bonds. The molecule has 2 aromatic rings. The number of carboxylic acid groups (broad SMARTS) is 1. The Morgan fingerprint density at radius 3 is 2.74 bits per heavy atom. The second kappa shape index (κ2) is 5.34. The molecule has 1 aromatic carbocycles.